The first-order valence-electron chi connectivity index (χ1n) is 6.76. The third-order valence-electron chi connectivity index (χ3n) is 3.46. The van der Waals surface area contributed by atoms with Gasteiger partial charge in [0.05, 0.1) is 0 Å². The van der Waals surface area contributed by atoms with Crippen molar-refractivity contribution < 1.29 is 9.59 Å². The van der Waals surface area contributed by atoms with Gasteiger partial charge in [0, 0.05) is 43.7 Å². The molecule has 1 aliphatic rings. The van der Waals surface area contributed by atoms with Crippen molar-refractivity contribution in [1.82, 2.24) is 5.32 Å². The summed E-state index contributed by atoms with van der Waals surface area (Å²) in [5.41, 5.74) is 1.77. The van der Waals surface area contributed by atoms with Crippen LogP contribution < -0.4 is 10.2 Å². The molecule has 4 nitrogen and oxygen atoms in total. The van der Waals surface area contributed by atoms with Gasteiger partial charge in [0.15, 0.2) is 5.78 Å². The van der Waals surface area contributed by atoms with Crippen LogP contribution >= 0.6 is 0 Å². The summed E-state index contributed by atoms with van der Waals surface area (Å²) in [6.45, 7) is 5.06. The quantitative estimate of drug-likeness (QED) is 0.842. The first-order chi connectivity index (χ1) is 9.11. The topological polar surface area (TPSA) is 49.4 Å². The molecule has 1 N–H and O–H groups in total. The van der Waals surface area contributed by atoms with E-state index in [9.17, 15) is 9.59 Å². The van der Waals surface area contributed by atoms with E-state index >= 15 is 0 Å². The van der Waals surface area contributed by atoms with Crippen LogP contribution in [0.2, 0.25) is 0 Å². The Morgan fingerprint density at radius 2 is 2.11 bits per heavy atom. The summed E-state index contributed by atoms with van der Waals surface area (Å²) in [6.07, 6.45) is 1.44. The van der Waals surface area contributed by atoms with Gasteiger partial charge in [-0.3, -0.25) is 9.59 Å². The van der Waals surface area contributed by atoms with Crippen LogP contribution in [0.4, 0.5) is 5.69 Å². The number of rotatable bonds is 4. The van der Waals surface area contributed by atoms with Crippen molar-refractivity contribution in [3.05, 3.63) is 29.8 Å². The van der Waals surface area contributed by atoms with Crippen molar-refractivity contribution in [2.24, 2.45) is 0 Å². The lowest BCUT2D eigenvalue weighted by Crippen LogP contribution is -2.35. The van der Waals surface area contributed by atoms with E-state index in [4.69, 9.17) is 0 Å². The van der Waals surface area contributed by atoms with Crippen LogP contribution in [0.1, 0.15) is 37.0 Å². The van der Waals surface area contributed by atoms with E-state index in [0.717, 1.165) is 30.8 Å². The number of amides is 1. The second kappa shape index (κ2) is 5.87. The van der Waals surface area contributed by atoms with Gasteiger partial charge in [0.1, 0.15) is 0 Å². The second-order valence-corrected chi connectivity index (χ2v) is 4.93. The summed E-state index contributed by atoms with van der Waals surface area (Å²) in [6, 6.07) is 7.90. The molecule has 1 unspecified atom stereocenters. The van der Waals surface area contributed by atoms with Gasteiger partial charge in [-0.2, -0.15) is 0 Å². The highest BCUT2D eigenvalue weighted by atomic mass is 16.1. The maximum Gasteiger partial charge on any atom is 0.217 e. The molecule has 19 heavy (non-hydrogen) atoms. The molecular weight excluding hydrogens is 240 g/mol. The van der Waals surface area contributed by atoms with Gasteiger partial charge in [-0.15, -0.1) is 0 Å². The number of hydrogen-bond donors (Lipinski definition) is 1. The highest BCUT2D eigenvalue weighted by molar-refractivity contribution is 6.01. The Hall–Kier alpha value is -1.84. The third-order valence-corrected chi connectivity index (χ3v) is 3.46. The number of carbonyl (C=O) groups excluding carboxylic acids is 2. The van der Waals surface area contributed by atoms with Crippen molar-refractivity contribution in [3.8, 4) is 0 Å². The predicted molar refractivity (Wildman–Crippen MR) is 75.5 cm³/mol. The molecule has 1 amide bonds. The number of Topliss-reactive ketones (excluding diaryl/α,β-unsaturated/α-hetero) is 1. The van der Waals surface area contributed by atoms with Crippen LogP contribution in [0.5, 0.6) is 0 Å². The lowest BCUT2D eigenvalue weighted by atomic mass is 10.1. The maximum atomic E-state index is 12.0. The molecule has 1 aromatic carbocycles. The number of nitrogens with one attached hydrogen (secondary N) is 1. The van der Waals surface area contributed by atoms with Crippen molar-refractivity contribution in [1.29, 1.82) is 0 Å². The second-order valence-electron chi connectivity index (χ2n) is 4.93. The van der Waals surface area contributed by atoms with Crippen molar-refractivity contribution in [2.75, 3.05) is 18.0 Å². The average Bonchev–Trinajstić information content (AvgIpc) is 2.85. The molecule has 2 rings (SSSR count). The summed E-state index contributed by atoms with van der Waals surface area (Å²) in [4.78, 5) is 25.2. The van der Waals surface area contributed by atoms with Crippen LogP contribution in [0.15, 0.2) is 24.3 Å². The zero-order valence-corrected chi connectivity index (χ0v) is 11.5. The molecule has 1 heterocycles. The molecule has 102 valence electrons. The number of anilines is 1. The first kappa shape index (κ1) is 13.6. The van der Waals surface area contributed by atoms with Gasteiger partial charge >= 0.3 is 0 Å². The fraction of sp³-hybridized carbons (Fsp3) is 0.467. The lowest BCUT2D eigenvalue weighted by molar-refractivity contribution is -0.119. The molecule has 0 spiro atoms. The van der Waals surface area contributed by atoms with E-state index in [1.807, 2.05) is 31.2 Å². The van der Waals surface area contributed by atoms with E-state index in [1.54, 1.807) is 0 Å². The summed E-state index contributed by atoms with van der Waals surface area (Å²) < 4.78 is 0. The molecule has 1 saturated heterocycles. The minimum Gasteiger partial charge on any atom is -0.369 e. The van der Waals surface area contributed by atoms with Crippen LogP contribution in [0.25, 0.3) is 0 Å². The fourth-order valence-electron chi connectivity index (χ4n) is 2.56. The van der Waals surface area contributed by atoms with E-state index in [-0.39, 0.29) is 17.7 Å². The first-order valence-corrected chi connectivity index (χ1v) is 6.76. The molecule has 0 aromatic heterocycles. The highest BCUT2D eigenvalue weighted by Gasteiger charge is 2.25. The van der Waals surface area contributed by atoms with Crippen LogP contribution in [0, 0.1) is 0 Å². The molecule has 0 saturated carbocycles. The van der Waals surface area contributed by atoms with Crippen molar-refractivity contribution in [2.45, 2.75) is 32.7 Å². The fourth-order valence-corrected chi connectivity index (χ4v) is 2.56. The monoisotopic (exact) mass is 260 g/mol. The predicted octanol–water partition coefficient (Wildman–Crippen LogP) is 1.99. The number of carbonyl (C=O) groups is 2. The Kier molecular flexibility index (Phi) is 4.20. The van der Waals surface area contributed by atoms with Gasteiger partial charge in [0.2, 0.25) is 5.91 Å². The Labute approximate surface area is 113 Å². The molecule has 1 aliphatic heterocycles. The smallest absolute Gasteiger partial charge is 0.217 e. The van der Waals surface area contributed by atoms with E-state index in [2.05, 4.69) is 10.2 Å². The van der Waals surface area contributed by atoms with Crippen molar-refractivity contribution in [3.63, 3.8) is 0 Å². The van der Waals surface area contributed by atoms with Crippen molar-refractivity contribution >= 4 is 17.4 Å². The van der Waals surface area contributed by atoms with Gasteiger partial charge in [0.25, 0.3) is 0 Å². The Morgan fingerprint density at radius 3 is 2.79 bits per heavy atom. The minimum atomic E-state index is 0.00442. The van der Waals surface area contributed by atoms with E-state index in [0.29, 0.717) is 6.42 Å². The molecular formula is C15H20N2O2. The van der Waals surface area contributed by atoms with Gasteiger partial charge in [-0.05, 0) is 18.6 Å². The highest BCUT2D eigenvalue weighted by Crippen LogP contribution is 2.25. The molecule has 0 aliphatic carbocycles. The summed E-state index contributed by atoms with van der Waals surface area (Å²) in [5.74, 6) is 0.170. The standard InChI is InChI=1S/C15H20N2O2/c1-3-15(19)13-6-4-5-7-14(13)17-9-8-12(10-17)16-11(2)18/h4-7,12H,3,8-10H2,1-2H3,(H,16,18). The number of ketones is 1. The largest absolute Gasteiger partial charge is 0.369 e. The van der Waals surface area contributed by atoms with Gasteiger partial charge in [-0.25, -0.2) is 0 Å². The van der Waals surface area contributed by atoms with Crippen LogP contribution in [-0.2, 0) is 4.79 Å². The van der Waals surface area contributed by atoms with E-state index in [1.165, 1.54) is 6.92 Å². The molecule has 1 atom stereocenters. The normalized spacial score (nSPS) is 18.4. The zero-order chi connectivity index (χ0) is 13.8. The molecule has 0 radical (unpaired) electrons. The van der Waals surface area contributed by atoms with E-state index < -0.39 is 0 Å². The van der Waals surface area contributed by atoms with Crippen LogP contribution in [-0.4, -0.2) is 30.8 Å². The maximum absolute atomic E-state index is 12.0. The summed E-state index contributed by atoms with van der Waals surface area (Å²) >= 11 is 0. The number of hydrogen-bond acceptors (Lipinski definition) is 3. The molecule has 1 aromatic rings. The molecule has 0 bridgehead atoms. The molecule has 1 fully saturated rings. The lowest BCUT2D eigenvalue weighted by Gasteiger charge is -2.21. The Bertz CT molecular complexity index is 485. The average molecular weight is 260 g/mol. The summed E-state index contributed by atoms with van der Waals surface area (Å²) in [7, 11) is 0. The SMILES string of the molecule is CCC(=O)c1ccccc1N1CCC(NC(C)=O)C1. The summed E-state index contributed by atoms with van der Waals surface area (Å²) in [5, 5.41) is 2.94. The Morgan fingerprint density at radius 1 is 1.37 bits per heavy atom. The minimum absolute atomic E-state index is 0.00442. The number of nitrogens with zero attached hydrogens (tertiary/aromatic N) is 1. The van der Waals surface area contributed by atoms with Gasteiger partial charge in [-0.1, -0.05) is 19.1 Å². The third kappa shape index (κ3) is 3.13. The van der Waals surface area contributed by atoms with Crippen LogP contribution in [0.3, 0.4) is 0 Å². The number of para-hydroxylation sites is 1. The zero-order valence-electron chi connectivity index (χ0n) is 11.5. The Balaban J connectivity index is 2.15. The number of benzene rings is 1. The molecule has 4 heteroatoms. The van der Waals surface area contributed by atoms with Gasteiger partial charge < -0.3 is 10.2 Å².